The van der Waals surface area contributed by atoms with E-state index in [-0.39, 0.29) is 11.7 Å². The predicted molar refractivity (Wildman–Crippen MR) is 87.6 cm³/mol. The molecular formula is C16H17N3O3S. The molecule has 6 nitrogen and oxygen atoms in total. The highest BCUT2D eigenvalue weighted by molar-refractivity contribution is 7.15. The molecule has 0 aliphatic rings. The summed E-state index contributed by atoms with van der Waals surface area (Å²) in [5, 5.41) is 1.94. The van der Waals surface area contributed by atoms with Gasteiger partial charge in [-0.3, -0.25) is 9.20 Å². The lowest BCUT2D eigenvalue weighted by Crippen LogP contribution is -2.16. The molecule has 0 fully saturated rings. The van der Waals surface area contributed by atoms with Gasteiger partial charge in [-0.05, 0) is 12.5 Å². The van der Waals surface area contributed by atoms with Crippen LogP contribution >= 0.6 is 11.3 Å². The van der Waals surface area contributed by atoms with Crippen molar-refractivity contribution in [1.82, 2.24) is 14.4 Å². The third kappa shape index (κ3) is 2.79. The lowest BCUT2D eigenvalue weighted by Gasteiger charge is -2.15. The van der Waals surface area contributed by atoms with Crippen LogP contribution in [0.3, 0.4) is 0 Å². The monoisotopic (exact) mass is 331 g/mol. The summed E-state index contributed by atoms with van der Waals surface area (Å²) >= 11 is 1.51. The summed E-state index contributed by atoms with van der Waals surface area (Å²) in [6, 6.07) is 1.77. The Labute approximate surface area is 137 Å². The molecule has 0 spiro atoms. The molecule has 0 saturated heterocycles. The van der Waals surface area contributed by atoms with E-state index >= 15 is 0 Å². The number of fused-ring (bicyclic) bond motifs is 1. The van der Waals surface area contributed by atoms with Crippen LogP contribution in [0.2, 0.25) is 0 Å². The van der Waals surface area contributed by atoms with E-state index < -0.39 is 0 Å². The third-order valence-corrected chi connectivity index (χ3v) is 4.61. The first kappa shape index (κ1) is 15.5. The van der Waals surface area contributed by atoms with Gasteiger partial charge < -0.3 is 9.47 Å². The molecule has 0 amide bonds. The van der Waals surface area contributed by atoms with E-state index in [2.05, 4.69) is 9.97 Å². The van der Waals surface area contributed by atoms with Gasteiger partial charge in [0.25, 0.3) is 0 Å². The molecule has 3 aromatic heterocycles. The van der Waals surface area contributed by atoms with E-state index in [4.69, 9.17) is 9.47 Å². The number of imidazole rings is 1. The van der Waals surface area contributed by atoms with Crippen molar-refractivity contribution in [3.05, 3.63) is 41.4 Å². The summed E-state index contributed by atoms with van der Waals surface area (Å²) < 4.78 is 12.5. The van der Waals surface area contributed by atoms with Gasteiger partial charge in [-0.1, -0.05) is 6.92 Å². The molecule has 0 bridgehead atoms. The summed E-state index contributed by atoms with van der Waals surface area (Å²) in [7, 11) is 3.15. The summed E-state index contributed by atoms with van der Waals surface area (Å²) in [5.74, 6) is 0.892. The zero-order chi connectivity index (χ0) is 16.4. The minimum atomic E-state index is -0.261. The molecule has 0 saturated carbocycles. The van der Waals surface area contributed by atoms with Crippen LogP contribution in [0.25, 0.3) is 4.83 Å². The Morgan fingerprint density at radius 2 is 2.17 bits per heavy atom. The number of ketones is 1. The van der Waals surface area contributed by atoms with Gasteiger partial charge in [0.2, 0.25) is 5.88 Å². The highest BCUT2D eigenvalue weighted by atomic mass is 32.1. The molecule has 120 valence electrons. The summed E-state index contributed by atoms with van der Waals surface area (Å²) in [5.41, 5.74) is 1.30. The van der Waals surface area contributed by atoms with Crippen molar-refractivity contribution < 1.29 is 14.3 Å². The Bertz CT molecular complexity index is 818. The van der Waals surface area contributed by atoms with Gasteiger partial charge in [0.1, 0.15) is 22.6 Å². The van der Waals surface area contributed by atoms with E-state index in [1.807, 2.05) is 22.9 Å². The number of carbonyl (C=O) groups excluding carboxylic acids is 1. The quantitative estimate of drug-likeness (QED) is 0.650. The van der Waals surface area contributed by atoms with E-state index in [1.165, 1.54) is 11.3 Å². The van der Waals surface area contributed by atoms with Crippen molar-refractivity contribution in [2.24, 2.45) is 5.92 Å². The maximum atomic E-state index is 12.8. The van der Waals surface area contributed by atoms with E-state index in [9.17, 15) is 4.79 Å². The standard InChI is InChI=1S/C16H17N3O3S/c1-10(8-11-12(21-2)4-5-17-15(11)22-3)14(20)13-16-19(9-18-13)6-7-23-16/h4-7,9-10H,8H2,1-3H3. The number of Topliss-reactive ketones (excluding diaryl/α,β-unsaturated/α-hetero) is 1. The number of methoxy groups -OCH3 is 2. The molecule has 23 heavy (non-hydrogen) atoms. The molecule has 3 aromatic rings. The Morgan fingerprint density at radius 3 is 2.91 bits per heavy atom. The number of ether oxygens (including phenoxy) is 2. The molecule has 3 heterocycles. The average molecular weight is 331 g/mol. The Balaban J connectivity index is 1.89. The van der Waals surface area contributed by atoms with Crippen LogP contribution in [-0.2, 0) is 6.42 Å². The van der Waals surface area contributed by atoms with Crippen LogP contribution in [0, 0.1) is 5.92 Å². The van der Waals surface area contributed by atoms with Gasteiger partial charge in [-0.2, -0.15) is 0 Å². The van der Waals surface area contributed by atoms with Crippen LogP contribution in [0.1, 0.15) is 23.0 Å². The maximum Gasteiger partial charge on any atom is 0.220 e. The van der Waals surface area contributed by atoms with Crippen molar-refractivity contribution >= 4 is 22.0 Å². The second-order valence-corrected chi connectivity index (χ2v) is 6.07. The first-order valence-corrected chi connectivity index (χ1v) is 8.04. The molecule has 0 aliphatic heterocycles. The number of carbonyl (C=O) groups is 1. The fourth-order valence-electron chi connectivity index (χ4n) is 2.55. The number of hydrogen-bond acceptors (Lipinski definition) is 6. The van der Waals surface area contributed by atoms with Gasteiger partial charge in [-0.15, -0.1) is 11.3 Å². The van der Waals surface area contributed by atoms with Crippen molar-refractivity contribution in [2.45, 2.75) is 13.3 Å². The number of thiazole rings is 1. The van der Waals surface area contributed by atoms with Gasteiger partial charge in [0, 0.05) is 23.7 Å². The Morgan fingerprint density at radius 1 is 1.35 bits per heavy atom. The predicted octanol–water partition coefficient (Wildman–Crippen LogP) is 2.87. The first-order valence-electron chi connectivity index (χ1n) is 7.16. The maximum absolute atomic E-state index is 12.8. The van der Waals surface area contributed by atoms with Gasteiger partial charge in [-0.25, -0.2) is 9.97 Å². The van der Waals surface area contributed by atoms with Crippen molar-refractivity contribution in [3.63, 3.8) is 0 Å². The van der Waals surface area contributed by atoms with Crippen LogP contribution in [0.15, 0.2) is 30.2 Å². The minimum Gasteiger partial charge on any atom is -0.496 e. The lowest BCUT2D eigenvalue weighted by molar-refractivity contribution is 0.0926. The van der Waals surface area contributed by atoms with Gasteiger partial charge >= 0.3 is 0 Å². The van der Waals surface area contributed by atoms with Crippen LogP contribution in [0.5, 0.6) is 11.6 Å². The Kier molecular flexibility index (Phi) is 4.29. The zero-order valence-electron chi connectivity index (χ0n) is 13.1. The molecular weight excluding hydrogens is 314 g/mol. The second kappa shape index (κ2) is 6.37. The topological polar surface area (TPSA) is 65.7 Å². The molecule has 1 atom stereocenters. The number of hydrogen-bond donors (Lipinski definition) is 0. The fraction of sp³-hybridized carbons (Fsp3) is 0.312. The smallest absolute Gasteiger partial charge is 0.220 e. The molecule has 3 rings (SSSR count). The van der Waals surface area contributed by atoms with Gasteiger partial charge in [0.15, 0.2) is 5.78 Å². The minimum absolute atomic E-state index is 0.00269. The SMILES string of the molecule is COc1ccnc(OC)c1CC(C)C(=O)c1ncn2ccsc12. The molecule has 1 unspecified atom stereocenters. The third-order valence-electron chi connectivity index (χ3n) is 3.73. The number of aromatic nitrogens is 3. The molecule has 0 N–H and O–H groups in total. The first-order chi connectivity index (χ1) is 11.2. The van der Waals surface area contributed by atoms with E-state index in [0.717, 1.165) is 10.4 Å². The lowest BCUT2D eigenvalue weighted by atomic mass is 9.95. The molecule has 0 aromatic carbocycles. The second-order valence-electron chi connectivity index (χ2n) is 5.18. The number of nitrogens with zero attached hydrogens (tertiary/aromatic N) is 3. The molecule has 7 heteroatoms. The number of rotatable bonds is 6. The molecule has 0 radical (unpaired) electrons. The molecule has 0 aliphatic carbocycles. The highest BCUT2D eigenvalue weighted by Crippen LogP contribution is 2.30. The summed E-state index contributed by atoms with van der Waals surface area (Å²) in [6.45, 7) is 1.88. The average Bonchev–Trinajstić information content (AvgIpc) is 3.17. The Hall–Kier alpha value is -2.41. The highest BCUT2D eigenvalue weighted by Gasteiger charge is 2.24. The van der Waals surface area contributed by atoms with Crippen LogP contribution < -0.4 is 9.47 Å². The van der Waals surface area contributed by atoms with Crippen molar-refractivity contribution in [1.29, 1.82) is 0 Å². The van der Waals surface area contributed by atoms with Crippen LogP contribution in [0.4, 0.5) is 0 Å². The number of pyridine rings is 1. The van der Waals surface area contributed by atoms with Crippen molar-refractivity contribution in [3.8, 4) is 11.6 Å². The van der Waals surface area contributed by atoms with Crippen molar-refractivity contribution in [2.75, 3.05) is 14.2 Å². The van der Waals surface area contributed by atoms with E-state index in [1.54, 1.807) is 32.8 Å². The summed E-state index contributed by atoms with van der Waals surface area (Å²) in [6.07, 6.45) is 5.65. The largest absolute Gasteiger partial charge is 0.496 e. The fourth-order valence-corrected chi connectivity index (χ4v) is 3.36. The van der Waals surface area contributed by atoms with Gasteiger partial charge in [0.05, 0.1) is 19.8 Å². The summed E-state index contributed by atoms with van der Waals surface area (Å²) in [4.78, 5) is 22.1. The normalized spacial score (nSPS) is 12.3. The zero-order valence-corrected chi connectivity index (χ0v) is 14.0. The van der Waals surface area contributed by atoms with Crippen LogP contribution in [-0.4, -0.2) is 34.4 Å². The van der Waals surface area contributed by atoms with E-state index in [0.29, 0.717) is 23.7 Å².